The molecule has 0 unspecified atom stereocenters. The summed E-state index contributed by atoms with van der Waals surface area (Å²) in [4.78, 5) is 20.2. The van der Waals surface area contributed by atoms with Crippen LogP contribution in [-0.2, 0) is 0 Å². The number of thioether (sulfide) groups is 1. The van der Waals surface area contributed by atoms with E-state index >= 15 is 0 Å². The highest BCUT2D eigenvalue weighted by molar-refractivity contribution is 7.99. The van der Waals surface area contributed by atoms with Gasteiger partial charge in [-0.1, -0.05) is 12.1 Å². The lowest BCUT2D eigenvalue weighted by Crippen LogP contribution is -2.35. The van der Waals surface area contributed by atoms with Gasteiger partial charge in [0.05, 0.1) is 35.1 Å². The summed E-state index contributed by atoms with van der Waals surface area (Å²) >= 11 is 1.70. The molecule has 3 aromatic rings. The maximum Gasteiger partial charge on any atom is 0.258 e. The maximum absolute atomic E-state index is 13.1. The summed E-state index contributed by atoms with van der Waals surface area (Å²) in [6, 6.07) is 18.2. The molecule has 2 heterocycles. The van der Waals surface area contributed by atoms with Gasteiger partial charge < -0.3 is 4.90 Å². The fraction of sp³-hybridized carbons (Fsp3) is 0.0909. The van der Waals surface area contributed by atoms with E-state index in [4.69, 9.17) is 10.5 Å². The molecule has 134 valence electrons. The van der Waals surface area contributed by atoms with Crippen molar-refractivity contribution in [3.63, 3.8) is 0 Å². The van der Waals surface area contributed by atoms with Crippen LogP contribution < -0.4 is 4.90 Å². The molecule has 0 spiro atoms. The van der Waals surface area contributed by atoms with Gasteiger partial charge in [0, 0.05) is 34.5 Å². The number of nitrogens with zero attached hydrogens (tertiary/aromatic N) is 4. The first-order chi connectivity index (χ1) is 13.7. The van der Waals surface area contributed by atoms with Crippen molar-refractivity contribution in [1.29, 1.82) is 10.5 Å². The number of aromatic nitrogens is 1. The highest BCUT2D eigenvalue weighted by atomic mass is 32.2. The number of nitriles is 2. The highest BCUT2D eigenvalue weighted by Gasteiger charge is 2.26. The predicted molar refractivity (Wildman–Crippen MR) is 108 cm³/mol. The first-order valence-corrected chi connectivity index (χ1v) is 9.63. The molecule has 0 radical (unpaired) electrons. The van der Waals surface area contributed by atoms with Gasteiger partial charge in [0.15, 0.2) is 0 Å². The van der Waals surface area contributed by atoms with Gasteiger partial charge in [-0.15, -0.1) is 11.8 Å². The monoisotopic (exact) mass is 382 g/mol. The van der Waals surface area contributed by atoms with E-state index in [1.54, 1.807) is 65.5 Å². The van der Waals surface area contributed by atoms with Gasteiger partial charge in [0.2, 0.25) is 0 Å². The third-order valence-corrected chi connectivity index (χ3v) is 5.67. The summed E-state index contributed by atoms with van der Waals surface area (Å²) in [5.74, 6) is 0.673. The van der Waals surface area contributed by atoms with Crippen LogP contribution in [0.25, 0.3) is 11.1 Å². The Balaban J connectivity index is 1.72. The molecule has 2 aromatic carbocycles. The number of hydrogen-bond acceptors (Lipinski definition) is 5. The number of hydrogen-bond donors (Lipinski definition) is 0. The van der Waals surface area contributed by atoms with Crippen LogP contribution in [0.4, 0.5) is 5.69 Å². The lowest BCUT2D eigenvalue weighted by Gasteiger charge is -2.30. The van der Waals surface area contributed by atoms with Crippen molar-refractivity contribution < 1.29 is 4.79 Å². The second-order valence-corrected chi connectivity index (χ2v) is 7.32. The van der Waals surface area contributed by atoms with E-state index in [1.807, 2.05) is 12.1 Å². The molecule has 1 amide bonds. The fourth-order valence-electron chi connectivity index (χ4n) is 3.13. The van der Waals surface area contributed by atoms with E-state index in [2.05, 4.69) is 17.1 Å². The number of amides is 1. The van der Waals surface area contributed by atoms with Crippen molar-refractivity contribution in [2.45, 2.75) is 4.90 Å². The largest absolute Gasteiger partial charge is 0.305 e. The van der Waals surface area contributed by atoms with E-state index in [0.29, 0.717) is 23.2 Å². The number of fused-ring (bicyclic) bond motifs is 1. The van der Waals surface area contributed by atoms with Crippen molar-refractivity contribution in [3.05, 3.63) is 77.6 Å². The average Bonchev–Trinajstić information content (AvgIpc) is 2.78. The van der Waals surface area contributed by atoms with Gasteiger partial charge in [-0.2, -0.15) is 10.5 Å². The van der Waals surface area contributed by atoms with Gasteiger partial charge in [0.1, 0.15) is 0 Å². The Morgan fingerprint density at radius 2 is 1.61 bits per heavy atom. The van der Waals surface area contributed by atoms with Crippen LogP contribution in [0, 0.1) is 22.7 Å². The highest BCUT2D eigenvalue weighted by Crippen LogP contribution is 2.41. The van der Waals surface area contributed by atoms with Gasteiger partial charge in [-0.25, -0.2) is 0 Å². The van der Waals surface area contributed by atoms with Crippen molar-refractivity contribution in [2.24, 2.45) is 0 Å². The summed E-state index contributed by atoms with van der Waals surface area (Å²) in [6.07, 6.45) is 3.51. The Morgan fingerprint density at radius 3 is 2.25 bits per heavy atom. The Labute approximate surface area is 166 Å². The zero-order valence-electron chi connectivity index (χ0n) is 14.8. The Morgan fingerprint density at radius 1 is 0.964 bits per heavy atom. The van der Waals surface area contributed by atoms with Crippen molar-refractivity contribution in [1.82, 2.24) is 4.98 Å². The van der Waals surface area contributed by atoms with Crippen LogP contribution in [0.2, 0.25) is 0 Å². The molecule has 1 aliphatic rings. The summed E-state index contributed by atoms with van der Waals surface area (Å²) in [5.41, 5.74) is 4.36. The predicted octanol–water partition coefficient (Wildman–Crippen LogP) is 4.24. The van der Waals surface area contributed by atoms with Gasteiger partial charge in [0.25, 0.3) is 5.91 Å². The van der Waals surface area contributed by atoms with Gasteiger partial charge >= 0.3 is 0 Å². The Kier molecular flexibility index (Phi) is 4.80. The van der Waals surface area contributed by atoms with E-state index < -0.39 is 0 Å². The molecular weight excluding hydrogens is 368 g/mol. The van der Waals surface area contributed by atoms with E-state index in [9.17, 15) is 4.79 Å². The van der Waals surface area contributed by atoms with Crippen LogP contribution >= 0.6 is 11.8 Å². The van der Waals surface area contributed by atoms with Crippen molar-refractivity contribution >= 4 is 23.4 Å². The zero-order valence-corrected chi connectivity index (χ0v) is 15.6. The second kappa shape index (κ2) is 7.56. The number of carbonyl (C=O) groups excluding carboxylic acids is 1. The smallest absolute Gasteiger partial charge is 0.258 e. The first-order valence-electron chi connectivity index (χ1n) is 8.64. The molecule has 6 heteroatoms. The minimum absolute atomic E-state index is 0.107. The van der Waals surface area contributed by atoms with Crippen LogP contribution in [-0.4, -0.2) is 23.2 Å². The number of rotatable bonds is 2. The maximum atomic E-state index is 13.1. The Bertz CT molecular complexity index is 1130. The number of carbonyl (C=O) groups is 1. The molecule has 0 atom stereocenters. The molecule has 0 saturated carbocycles. The fourth-order valence-corrected chi connectivity index (χ4v) is 4.24. The van der Waals surface area contributed by atoms with E-state index in [1.165, 1.54) is 0 Å². The minimum atomic E-state index is -0.107. The first kappa shape index (κ1) is 17.8. The van der Waals surface area contributed by atoms with Crippen molar-refractivity contribution in [2.75, 3.05) is 17.2 Å². The van der Waals surface area contributed by atoms with Crippen molar-refractivity contribution in [3.8, 4) is 23.3 Å². The molecule has 0 bridgehead atoms. The quantitative estimate of drug-likeness (QED) is 0.662. The topological polar surface area (TPSA) is 80.8 Å². The third kappa shape index (κ3) is 3.22. The van der Waals surface area contributed by atoms with Crippen LogP contribution in [0.3, 0.4) is 0 Å². The third-order valence-electron chi connectivity index (χ3n) is 4.56. The number of anilines is 1. The lowest BCUT2D eigenvalue weighted by molar-refractivity contribution is 0.0987. The van der Waals surface area contributed by atoms with Gasteiger partial charge in [-0.05, 0) is 42.0 Å². The van der Waals surface area contributed by atoms with Crippen LogP contribution in [0.1, 0.15) is 21.5 Å². The second-order valence-electron chi connectivity index (χ2n) is 6.22. The molecule has 1 aromatic heterocycles. The molecule has 4 rings (SSSR count). The van der Waals surface area contributed by atoms with Crippen LogP contribution in [0.15, 0.2) is 65.8 Å². The van der Waals surface area contributed by atoms with Gasteiger partial charge in [-0.3, -0.25) is 9.78 Å². The molecular formula is C22H14N4OS. The summed E-state index contributed by atoms with van der Waals surface area (Å²) in [6.45, 7) is 0.592. The molecule has 0 N–H and O–H groups in total. The average molecular weight is 382 g/mol. The molecule has 5 nitrogen and oxygen atoms in total. The number of pyridine rings is 1. The SMILES string of the molecule is N#Cc1ccc(C(=O)N2CCSc3c(-c4ccc(C#N)cc4)cncc32)cc1. The molecule has 28 heavy (non-hydrogen) atoms. The van der Waals surface area contributed by atoms with E-state index in [0.717, 1.165) is 27.5 Å². The zero-order chi connectivity index (χ0) is 19.5. The standard InChI is InChI=1S/C22H14N4OS/c23-11-15-1-5-17(6-2-15)19-13-25-14-20-21(19)28-10-9-26(20)22(27)18-7-3-16(12-24)4-8-18/h1-8,13-14H,9-10H2. The minimum Gasteiger partial charge on any atom is -0.305 e. The summed E-state index contributed by atoms with van der Waals surface area (Å²) in [5, 5.41) is 17.9. The molecule has 1 aliphatic heterocycles. The lowest BCUT2D eigenvalue weighted by atomic mass is 10.0. The molecule has 0 fully saturated rings. The summed E-state index contributed by atoms with van der Waals surface area (Å²) < 4.78 is 0. The van der Waals surface area contributed by atoms with Crippen LogP contribution in [0.5, 0.6) is 0 Å². The normalized spacial score (nSPS) is 12.6. The molecule has 0 saturated heterocycles. The Hall–Kier alpha value is -3.61. The summed E-state index contributed by atoms with van der Waals surface area (Å²) in [7, 11) is 0. The number of benzene rings is 2. The molecule has 0 aliphatic carbocycles. The van der Waals surface area contributed by atoms with E-state index in [-0.39, 0.29) is 5.91 Å².